The summed E-state index contributed by atoms with van der Waals surface area (Å²) in [5.41, 5.74) is 5.86. The summed E-state index contributed by atoms with van der Waals surface area (Å²) < 4.78 is 0. The molecule has 13 heavy (non-hydrogen) atoms. The van der Waals surface area contributed by atoms with Crippen molar-refractivity contribution in [2.45, 2.75) is 45.6 Å². The van der Waals surface area contributed by atoms with E-state index in [0.29, 0.717) is 6.04 Å². The van der Waals surface area contributed by atoms with E-state index in [1.54, 1.807) is 0 Å². The normalized spacial score (nSPS) is 21.2. The summed E-state index contributed by atoms with van der Waals surface area (Å²) in [5.74, 6) is 0.808. The molecule has 0 bridgehead atoms. The number of nitrogens with zero attached hydrogens (tertiary/aromatic N) is 1. The van der Waals surface area contributed by atoms with Crippen molar-refractivity contribution in [1.82, 2.24) is 4.90 Å². The maximum atomic E-state index is 5.86. The third kappa shape index (κ3) is 2.68. The van der Waals surface area contributed by atoms with Crippen LogP contribution in [0.25, 0.3) is 0 Å². The van der Waals surface area contributed by atoms with Crippen LogP contribution in [0.15, 0.2) is 0 Å². The Labute approximate surface area is 82.5 Å². The lowest BCUT2D eigenvalue weighted by Gasteiger charge is -2.32. The third-order valence-electron chi connectivity index (χ3n) is 3.44. The average molecular weight is 184 g/mol. The van der Waals surface area contributed by atoms with Crippen molar-refractivity contribution in [1.29, 1.82) is 0 Å². The number of hydrogen-bond acceptors (Lipinski definition) is 2. The first-order valence-corrected chi connectivity index (χ1v) is 5.77. The van der Waals surface area contributed by atoms with E-state index in [1.807, 2.05) is 0 Å². The van der Waals surface area contributed by atoms with Gasteiger partial charge in [-0.05, 0) is 31.8 Å². The minimum absolute atomic E-state index is 0.650. The summed E-state index contributed by atoms with van der Waals surface area (Å²) in [6, 6.07) is 0.650. The topological polar surface area (TPSA) is 29.3 Å². The molecule has 78 valence electrons. The number of hydrogen-bond donors (Lipinski definition) is 1. The highest BCUT2D eigenvalue weighted by molar-refractivity contribution is 4.81. The third-order valence-corrected chi connectivity index (χ3v) is 3.44. The van der Waals surface area contributed by atoms with Crippen LogP contribution in [-0.2, 0) is 0 Å². The zero-order valence-electron chi connectivity index (χ0n) is 9.13. The van der Waals surface area contributed by atoms with Crippen molar-refractivity contribution in [3.05, 3.63) is 0 Å². The summed E-state index contributed by atoms with van der Waals surface area (Å²) in [6.07, 6.45) is 5.29. The zero-order chi connectivity index (χ0) is 9.68. The van der Waals surface area contributed by atoms with Gasteiger partial charge in [-0.25, -0.2) is 0 Å². The average Bonchev–Trinajstić information content (AvgIpc) is 2.66. The van der Waals surface area contributed by atoms with E-state index in [9.17, 15) is 0 Å². The summed E-state index contributed by atoms with van der Waals surface area (Å²) in [7, 11) is 0. The molecular formula is C11H24N2. The lowest BCUT2D eigenvalue weighted by Crippen LogP contribution is -2.43. The Morgan fingerprint density at radius 3 is 2.08 bits per heavy atom. The van der Waals surface area contributed by atoms with E-state index in [4.69, 9.17) is 5.73 Å². The Balaban J connectivity index is 2.48. The Bertz CT molecular complexity index is 124. The Kier molecular flexibility index (Phi) is 4.74. The lowest BCUT2D eigenvalue weighted by molar-refractivity contribution is 0.171. The molecule has 0 spiro atoms. The fourth-order valence-electron chi connectivity index (χ4n) is 2.55. The Hall–Kier alpha value is -0.0800. The number of nitrogens with two attached hydrogens (primary N) is 1. The van der Waals surface area contributed by atoms with Gasteiger partial charge >= 0.3 is 0 Å². The first-order valence-electron chi connectivity index (χ1n) is 5.77. The predicted octanol–water partition coefficient (Wildman–Crippen LogP) is 1.85. The highest BCUT2D eigenvalue weighted by Crippen LogP contribution is 2.21. The molecule has 2 heteroatoms. The number of likely N-dealkylation sites (tertiary alicyclic amines) is 1. The zero-order valence-corrected chi connectivity index (χ0v) is 9.13. The van der Waals surface area contributed by atoms with Crippen LogP contribution in [0.4, 0.5) is 0 Å². The van der Waals surface area contributed by atoms with E-state index in [0.717, 1.165) is 12.5 Å². The van der Waals surface area contributed by atoms with E-state index in [-0.39, 0.29) is 0 Å². The van der Waals surface area contributed by atoms with Crippen LogP contribution in [-0.4, -0.2) is 30.6 Å². The second-order valence-corrected chi connectivity index (χ2v) is 4.12. The summed E-state index contributed by atoms with van der Waals surface area (Å²) in [6.45, 7) is 7.96. The van der Waals surface area contributed by atoms with E-state index in [1.165, 1.54) is 38.8 Å². The fourth-order valence-corrected chi connectivity index (χ4v) is 2.55. The van der Waals surface area contributed by atoms with Gasteiger partial charge in [0.25, 0.3) is 0 Å². The molecular weight excluding hydrogens is 160 g/mol. The molecule has 0 saturated carbocycles. The lowest BCUT2D eigenvalue weighted by atomic mass is 9.93. The summed E-state index contributed by atoms with van der Waals surface area (Å²) in [4.78, 5) is 2.59. The van der Waals surface area contributed by atoms with Gasteiger partial charge in [0.15, 0.2) is 0 Å². The largest absolute Gasteiger partial charge is 0.329 e. The highest BCUT2D eigenvalue weighted by atomic mass is 15.2. The van der Waals surface area contributed by atoms with Crippen LogP contribution in [0.3, 0.4) is 0 Å². The monoisotopic (exact) mass is 184 g/mol. The first-order chi connectivity index (χ1) is 6.33. The Morgan fingerprint density at radius 1 is 1.15 bits per heavy atom. The molecule has 0 amide bonds. The van der Waals surface area contributed by atoms with Crippen molar-refractivity contribution >= 4 is 0 Å². The quantitative estimate of drug-likeness (QED) is 0.706. The molecule has 1 atom stereocenters. The van der Waals surface area contributed by atoms with Crippen LogP contribution >= 0.6 is 0 Å². The van der Waals surface area contributed by atoms with Gasteiger partial charge in [-0.2, -0.15) is 0 Å². The van der Waals surface area contributed by atoms with Crippen LogP contribution in [0.5, 0.6) is 0 Å². The second-order valence-electron chi connectivity index (χ2n) is 4.12. The molecule has 0 aromatic carbocycles. The maximum Gasteiger partial charge on any atom is 0.0246 e. The van der Waals surface area contributed by atoms with Gasteiger partial charge in [-0.15, -0.1) is 0 Å². The fraction of sp³-hybridized carbons (Fsp3) is 1.00. The van der Waals surface area contributed by atoms with Crippen molar-refractivity contribution in [3.8, 4) is 0 Å². The SMILES string of the molecule is CCC(CC)[C@H](CN)N1CCCC1. The molecule has 1 rings (SSSR count). The molecule has 1 aliphatic rings. The molecule has 2 nitrogen and oxygen atoms in total. The summed E-state index contributed by atoms with van der Waals surface area (Å²) in [5, 5.41) is 0. The molecule has 1 fully saturated rings. The van der Waals surface area contributed by atoms with Crippen LogP contribution in [0.2, 0.25) is 0 Å². The molecule has 1 saturated heterocycles. The maximum absolute atomic E-state index is 5.86. The van der Waals surface area contributed by atoms with Gasteiger partial charge in [0.1, 0.15) is 0 Å². The smallest absolute Gasteiger partial charge is 0.0246 e. The molecule has 0 unspecified atom stereocenters. The van der Waals surface area contributed by atoms with Gasteiger partial charge < -0.3 is 5.73 Å². The highest BCUT2D eigenvalue weighted by Gasteiger charge is 2.25. The standard InChI is InChI=1S/C11H24N2/c1-3-10(4-2)11(9-12)13-7-5-6-8-13/h10-11H,3-9,12H2,1-2H3/t11-/m0/s1. The van der Waals surface area contributed by atoms with Gasteiger partial charge in [0.2, 0.25) is 0 Å². The van der Waals surface area contributed by atoms with Gasteiger partial charge in [0.05, 0.1) is 0 Å². The van der Waals surface area contributed by atoms with E-state index >= 15 is 0 Å². The predicted molar refractivity (Wildman–Crippen MR) is 57.7 cm³/mol. The van der Waals surface area contributed by atoms with E-state index in [2.05, 4.69) is 18.7 Å². The van der Waals surface area contributed by atoms with Gasteiger partial charge in [0, 0.05) is 12.6 Å². The summed E-state index contributed by atoms with van der Waals surface area (Å²) >= 11 is 0. The second kappa shape index (κ2) is 5.61. The van der Waals surface area contributed by atoms with Gasteiger partial charge in [-0.3, -0.25) is 4.90 Å². The minimum atomic E-state index is 0.650. The molecule has 0 aromatic rings. The van der Waals surface area contributed by atoms with Crippen molar-refractivity contribution < 1.29 is 0 Å². The molecule has 1 aliphatic heterocycles. The van der Waals surface area contributed by atoms with Crippen LogP contribution in [0, 0.1) is 5.92 Å². The van der Waals surface area contributed by atoms with Crippen molar-refractivity contribution in [2.24, 2.45) is 11.7 Å². The van der Waals surface area contributed by atoms with Gasteiger partial charge in [-0.1, -0.05) is 26.7 Å². The van der Waals surface area contributed by atoms with Crippen molar-refractivity contribution in [2.75, 3.05) is 19.6 Å². The minimum Gasteiger partial charge on any atom is -0.329 e. The van der Waals surface area contributed by atoms with Crippen molar-refractivity contribution in [3.63, 3.8) is 0 Å². The van der Waals surface area contributed by atoms with E-state index < -0.39 is 0 Å². The van der Waals surface area contributed by atoms with Crippen LogP contribution < -0.4 is 5.73 Å². The molecule has 1 heterocycles. The number of rotatable bonds is 5. The van der Waals surface area contributed by atoms with Crippen LogP contribution in [0.1, 0.15) is 39.5 Å². The molecule has 2 N–H and O–H groups in total. The molecule has 0 aliphatic carbocycles. The Morgan fingerprint density at radius 2 is 1.69 bits per heavy atom. The molecule has 0 aromatic heterocycles. The molecule has 0 radical (unpaired) electrons. The first kappa shape index (κ1) is 11.0.